The number of amides is 1. The van der Waals surface area contributed by atoms with Crippen LogP contribution >= 0.6 is 11.6 Å². The maximum Gasteiger partial charge on any atom is 0.278 e. The quantitative estimate of drug-likeness (QED) is 0.210. The minimum Gasteiger partial charge on any atom is -0.481 e. The van der Waals surface area contributed by atoms with Gasteiger partial charge in [-0.2, -0.15) is 5.10 Å². The molecule has 1 fully saturated rings. The van der Waals surface area contributed by atoms with Gasteiger partial charge in [-0.3, -0.25) is 9.59 Å². The highest BCUT2D eigenvalue weighted by atomic mass is 35.5. The van der Waals surface area contributed by atoms with Crippen molar-refractivity contribution in [2.45, 2.75) is 32.4 Å². The fraction of sp³-hybridized carbons (Fsp3) is 0.242. The number of pyridine rings is 2. The molecule has 0 radical (unpaired) electrons. The molecule has 5 aromatic rings. The highest BCUT2D eigenvalue weighted by Crippen LogP contribution is 2.39. The van der Waals surface area contributed by atoms with E-state index in [1.54, 1.807) is 32.6 Å². The van der Waals surface area contributed by atoms with E-state index in [1.807, 2.05) is 55.5 Å². The molecule has 1 aliphatic heterocycles. The summed E-state index contributed by atoms with van der Waals surface area (Å²) >= 11 is 7.07. The number of rotatable bonds is 9. The number of carbonyl (C=O) groups excluding carboxylic acids is 1. The third kappa shape index (κ3) is 5.73. The van der Waals surface area contributed by atoms with E-state index in [-0.39, 0.29) is 17.5 Å². The minimum absolute atomic E-state index is 0.101. The monoisotopic (exact) mass is 609 g/mol. The second kappa shape index (κ2) is 12.4. The Balaban J connectivity index is 1.28. The maximum atomic E-state index is 12.9. The predicted molar refractivity (Wildman–Crippen MR) is 172 cm³/mol. The molecule has 1 amide bonds. The molecule has 1 saturated heterocycles. The van der Waals surface area contributed by atoms with Crippen LogP contribution in [0.3, 0.4) is 0 Å². The summed E-state index contributed by atoms with van der Waals surface area (Å²) in [7, 11) is 3.22. The lowest BCUT2D eigenvalue weighted by atomic mass is 9.96. The van der Waals surface area contributed by atoms with E-state index in [9.17, 15) is 9.59 Å². The number of methoxy groups -OCH3 is 1. The average molecular weight is 610 g/mol. The number of nitrogens with zero attached hydrogens (tertiary/aromatic N) is 4. The van der Waals surface area contributed by atoms with Gasteiger partial charge in [0.05, 0.1) is 29.4 Å². The van der Waals surface area contributed by atoms with Crippen molar-refractivity contribution in [3.63, 3.8) is 0 Å². The second-order valence-corrected chi connectivity index (χ2v) is 11.1. The average Bonchev–Trinajstić information content (AvgIpc) is 3.45. The molecule has 0 spiro atoms. The van der Waals surface area contributed by atoms with Gasteiger partial charge in [0.1, 0.15) is 5.82 Å². The third-order valence-electron chi connectivity index (χ3n) is 7.94. The Hall–Kier alpha value is -4.80. The Morgan fingerprint density at radius 1 is 1.07 bits per heavy atom. The number of hydrogen-bond donors (Lipinski definition) is 3. The molecule has 6 rings (SSSR count). The van der Waals surface area contributed by atoms with Crippen LogP contribution in [0.1, 0.15) is 24.0 Å². The van der Waals surface area contributed by atoms with Gasteiger partial charge >= 0.3 is 0 Å². The summed E-state index contributed by atoms with van der Waals surface area (Å²) in [4.78, 5) is 33.6. The van der Waals surface area contributed by atoms with Crippen LogP contribution in [0.15, 0.2) is 71.8 Å². The molecule has 3 N–H and O–H groups in total. The Morgan fingerprint density at radius 2 is 1.86 bits per heavy atom. The molecule has 3 aromatic heterocycles. The third-order valence-corrected chi connectivity index (χ3v) is 8.34. The highest BCUT2D eigenvalue weighted by molar-refractivity contribution is 6.36. The number of nitrogens with one attached hydrogen (secondary N) is 3. The van der Waals surface area contributed by atoms with Gasteiger partial charge < -0.3 is 20.7 Å². The first-order valence-electron chi connectivity index (χ1n) is 14.3. The number of benzene rings is 2. The lowest BCUT2D eigenvalue weighted by Crippen LogP contribution is -2.35. The smallest absolute Gasteiger partial charge is 0.278 e. The molecular formula is C33H32ClN7O3. The van der Waals surface area contributed by atoms with Gasteiger partial charge in [0.25, 0.3) is 5.56 Å². The zero-order chi connectivity index (χ0) is 30.8. The van der Waals surface area contributed by atoms with Gasteiger partial charge in [-0.05, 0) is 42.7 Å². The van der Waals surface area contributed by atoms with E-state index >= 15 is 0 Å². The van der Waals surface area contributed by atoms with Crippen LogP contribution in [0, 0.1) is 6.92 Å². The van der Waals surface area contributed by atoms with Gasteiger partial charge in [-0.15, -0.1) is 0 Å². The van der Waals surface area contributed by atoms with Crippen LogP contribution in [0.4, 0.5) is 11.5 Å². The summed E-state index contributed by atoms with van der Waals surface area (Å²) in [6, 6.07) is 17.6. The number of carbonyl (C=O) groups is 1. The van der Waals surface area contributed by atoms with Gasteiger partial charge in [0.15, 0.2) is 0 Å². The van der Waals surface area contributed by atoms with Crippen LogP contribution in [-0.4, -0.2) is 45.4 Å². The summed E-state index contributed by atoms with van der Waals surface area (Å²) < 4.78 is 6.93. The summed E-state index contributed by atoms with van der Waals surface area (Å²) in [5, 5.41) is 15.6. The Bertz CT molecular complexity index is 1940. The van der Waals surface area contributed by atoms with Crippen molar-refractivity contribution >= 4 is 39.8 Å². The van der Waals surface area contributed by atoms with E-state index in [1.165, 1.54) is 4.68 Å². The number of aryl methyl sites for hydroxylation is 1. The van der Waals surface area contributed by atoms with Crippen LogP contribution < -0.4 is 26.2 Å². The first-order valence-corrected chi connectivity index (χ1v) is 14.7. The van der Waals surface area contributed by atoms with Gasteiger partial charge in [-0.1, -0.05) is 48.0 Å². The molecule has 1 unspecified atom stereocenters. The minimum atomic E-state index is -0.227. The summed E-state index contributed by atoms with van der Waals surface area (Å²) in [6.45, 7) is 3.25. The number of anilines is 2. The van der Waals surface area contributed by atoms with E-state index in [0.29, 0.717) is 52.7 Å². The molecule has 0 bridgehead atoms. The first-order chi connectivity index (χ1) is 21.3. The predicted octanol–water partition coefficient (Wildman–Crippen LogP) is 5.14. The van der Waals surface area contributed by atoms with Crippen LogP contribution in [0.5, 0.6) is 5.88 Å². The lowest BCUT2D eigenvalue weighted by Gasteiger charge is -2.17. The van der Waals surface area contributed by atoms with Gasteiger partial charge in [0, 0.05) is 66.6 Å². The van der Waals surface area contributed by atoms with E-state index in [4.69, 9.17) is 21.3 Å². The number of aromatic nitrogens is 4. The number of hydrogen-bond acceptors (Lipinski definition) is 8. The second-order valence-electron chi connectivity index (χ2n) is 10.8. The molecule has 44 heavy (non-hydrogen) atoms. The fourth-order valence-electron chi connectivity index (χ4n) is 5.54. The largest absolute Gasteiger partial charge is 0.481 e. The molecular weight excluding hydrogens is 578 g/mol. The fourth-order valence-corrected chi connectivity index (χ4v) is 5.86. The number of halogens is 1. The lowest BCUT2D eigenvalue weighted by molar-refractivity contribution is -0.119. The first kappa shape index (κ1) is 29.3. The van der Waals surface area contributed by atoms with Crippen molar-refractivity contribution in [2.75, 3.05) is 19.0 Å². The summed E-state index contributed by atoms with van der Waals surface area (Å²) in [6.07, 6.45) is 4.72. The van der Waals surface area contributed by atoms with Crippen molar-refractivity contribution in [1.29, 1.82) is 0 Å². The Labute approximate surface area is 259 Å². The number of ether oxygens (including phenoxy) is 1. The standard InChI is InChI=1S/C33H32ClN7O3/c1-19-23(6-5-9-26(19)39-31-29-20(14-15-36-31)17-37-41(2)33(29)43)24-7-4-8-25(30(24)34)27-12-10-21(32(40-27)44-3)16-35-18-22-11-13-28(42)38-22/h4-10,12,14-15,17,22,35H,11,13,16,18H2,1-3H3,(H,36,39)(H,38,42). The molecule has 1 aliphatic rings. The van der Waals surface area contributed by atoms with Crippen molar-refractivity contribution in [3.8, 4) is 28.3 Å². The van der Waals surface area contributed by atoms with E-state index in [0.717, 1.165) is 39.9 Å². The SMILES string of the molecule is COc1nc(-c2cccc(-c3cccc(Nc4nccc5cnn(C)c(=O)c45)c3C)c2Cl)ccc1CNCC1CCC(=O)N1. The van der Waals surface area contributed by atoms with Crippen molar-refractivity contribution in [2.24, 2.45) is 7.05 Å². The van der Waals surface area contributed by atoms with Crippen molar-refractivity contribution in [1.82, 2.24) is 30.4 Å². The molecule has 2 aromatic carbocycles. The summed E-state index contributed by atoms with van der Waals surface area (Å²) in [5.74, 6) is 1.08. The highest BCUT2D eigenvalue weighted by Gasteiger charge is 2.21. The molecule has 0 saturated carbocycles. The molecule has 1 atom stereocenters. The molecule has 11 heteroatoms. The Kier molecular flexibility index (Phi) is 8.28. The van der Waals surface area contributed by atoms with Crippen LogP contribution in [0.2, 0.25) is 5.02 Å². The normalized spacial score (nSPS) is 14.5. The van der Waals surface area contributed by atoms with Gasteiger partial charge in [-0.25, -0.2) is 14.6 Å². The van der Waals surface area contributed by atoms with Gasteiger partial charge in [0.2, 0.25) is 11.8 Å². The summed E-state index contributed by atoms with van der Waals surface area (Å²) in [5.41, 5.74) is 5.69. The van der Waals surface area contributed by atoms with Crippen LogP contribution in [-0.2, 0) is 18.4 Å². The molecule has 0 aliphatic carbocycles. The van der Waals surface area contributed by atoms with Crippen molar-refractivity contribution < 1.29 is 9.53 Å². The molecule has 10 nitrogen and oxygen atoms in total. The zero-order valence-electron chi connectivity index (χ0n) is 24.6. The van der Waals surface area contributed by atoms with E-state index in [2.05, 4.69) is 26.0 Å². The Morgan fingerprint density at radius 3 is 2.66 bits per heavy atom. The van der Waals surface area contributed by atoms with Crippen LogP contribution in [0.25, 0.3) is 33.2 Å². The van der Waals surface area contributed by atoms with E-state index < -0.39 is 0 Å². The zero-order valence-corrected chi connectivity index (χ0v) is 25.4. The van der Waals surface area contributed by atoms with Crippen molar-refractivity contribution in [3.05, 3.63) is 93.5 Å². The molecule has 4 heterocycles. The topological polar surface area (TPSA) is 123 Å². The molecule has 224 valence electrons. The number of fused-ring (bicyclic) bond motifs is 1. The maximum absolute atomic E-state index is 12.9.